The van der Waals surface area contributed by atoms with Crippen molar-refractivity contribution in [1.29, 1.82) is 0 Å². The summed E-state index contributed by atoms with van der Waals surface area (Å²) in [5.74, 6) is -5.10. The molecule has 1 aliphatic rings. The Labute approximate surface area is 215 Å². The van der Waals surface area contributed by atoms with Crippen LogP contribution in [-0.4, -0.2) is 65.9 Å². The molecule has 1 aromatic rings. The number of nitrogens with one attached hydrogen (secondary N) is 1. The van der Waals surface area contributed by atoms with Crippen LogP contribution in [0.2, 0.25) is 0 Å². The average molecular weight is 519 g/mol. The Morgan fingerprint density at radius 3 is 2.57 bits per heavy atom. The minimum atomic E-state index is -1.41. The van der Waals surface area contributed by atoms with Gasteiger partial charge in [-0.3, -0.25) is 14.4 Å². The van der Waals surface area contributed by atoms with Crippen molar-refractivity contribution in [3.05, 3.63) is 41.8 Å². The number of hydrogen-bond acceptors (Lipinski definition) is 10. The summed E-state index contributed by atoms with van der Waals surface area (Å²) in [5, 5.41) is 12.6. The molecule has 0 radical (unpaired) electrons. The SMILES string of the molecule is C/C=C\C(=C/C)C[C@H]1C(=O)OCC(NC(=O)c2nccc(OC)c2O)C(=O)O[C@@H](C)[C@@H]1OC(=O)C(C)C. The molecule has 2 rings (SSSR count). The number of cyclic esters (lactones) is 2. The fourth-order valence-corrected chi connectivity index (χ4v) is 3.63. The Hall–Kier alpha value is -3.89. The molecule has 11 heteroatoms. The second-order valence-corrected chi connectivity index (χ2v) is 8.74. The molecule has 0 saturated carbocycles. The normalized spacial score (nSPS) is 22.9. The summed E-state index contributed by atoms with van der Waals surface area (Å²) in [6.45, 7) is 7.88. The maximum absolute atomic E-state index is 13.2. The van der Waals surface area contributed by atoms with Gasteiger partial charge in [0.1, 0.15) is 18.6 Å². The summed E-state index contributed by atoms with van der Waals surface area (Å²) in [7, 11) is 1.31. The van der Waals surface area contributed by atoms with E-state index >= 15 is 0 Å². The van der Waals surface area contributed by atoms with Gasteiger partial charge in [-0.25, -0.2) is 9.78 Å². The number of rotatable bonds is 8. The standard InChI is InChI=1S/C26H34N2O9/c1-7-9-16(8-2)12-17-22(37-24(31)14(3)4)15(5)36-26(33)18(13-35-25(17)32)28-23(30)20-21(29)19(34-6)10-11-27-20/h7-11,14-15,17-18,22,29H,12-13H2,1-6H3,(H,28,30)/b9-7-,16-8+/t15-,17+,18?,22-/m0/s1. The van der Waals surface area contributed by atoms with Crippen LogP contribution < -0.4 is 10.1 Å². The van der Waals surface area contributed by atoms with Gasteiger partial charge in [0, 0.05) is 12.3 Å². The molecule has 0 bridgehead atoms. The lowest BCUT2D eigenvalue weighted by Crippen LogP contribution is -2.46. The first-order chi connectivity index (χ1) is 17.5. The fourth-order valence-electron chi connectivity index (χ4n) is 3.63. The van der Waals surface area contributed by atoms with E-state index in [0.717, 1.165) is 5.57 Å². The molecule has 0 spiro atoms. The molecule has 37 heavy (non-hydrogen) atoms. The summed E-state index contributed by atoms with van der Waals surface area (Å²) in [6.07, 6.45) is 4.67. The minimum absolute atomic E-state index is 0.0100. The highest BCUT2D eigenvalue weighted by molar-refractivity contribution is 5.98. The number of pyridine rings is 1. The largest absolute Gasteiger partial charge is 0.503 e. The Balaban J connectivity index is 2.37. The number of amides is 1. The zero-order valence-electron chi connectivity index (χ0n) is 21.8. The van der Waals surface area contributed by atoms with Crippen molar-refractivity contribution < 1.29 is 43.2 Å². The summed E-state index contributed by atoms with van der Waals surface area (Å²) < 4.78 is 21.5. The number of methoxy groups -OCH3 is 1. The second kappa shape index (κ2) is 13.4. The molecule has 1 saturated heterocycles. The summed E-state index contributed by atoms with van der Waals surface area (Å²) in [5.41, 5.74) is 0.398. The molecule has 1 aliphatic heterocycles. The zero-order chi connectivity index (χ0) is 27.7. The molecule has 1 amide bonds. The molecule has 1 aromatic heterocycles. The predicted octanol–water partition coefficient (Wildman–Crippen LogP) is 2.48. The van der Waals surface area contributed by atoms with E-state index in [1.807, 2.05) is 32.1 Å². The first-order valence-electron chi connectivity index (χ1n) is 11.9. The van der Waals surface area contributed by atoms with Crippen LogP contribution in [0.3, 0.4) is 0 Å². The number of esters is 3. The molecule has 11 nitrogen and oxygen atoms in total. The zero-order valence-corrected chi connectivity index (χ0v) is 21.8. The molecule has 2 N–H and O–H groups in total. The van der Waals surface area contributed by atoms with Crippen LogP contribution in [0.4, 0.5) is 0 Å². The smallest absolute Gasteiger partial charge is 0.332 e. The Kier molecular flexibility index (Phi) is 10.6. The number of aromatic hydroxyl groups is 1. The Bertz CT molecular complexity index is 1060. The van der Waals surface area contributed by atoms with Crippen LogP contribution in [0.5, 0.6) is 11.5 Å². The van der Waals surface area contributed by atoms with Gasteiger partial charge in [-0.2, -0.15) is 0 Å². The van der Waals surface area contributed by atoms with Crippen molar-refractivity contribution >= 4 is 23.8 Å². The molecule has 0 aliphatic carbocycles. The van der Waals surface area contributed by atoms with Gasteiger partial charge in [0.05, 0.1) is 13.0 Å². The lowest BCUT2D eigenvalue weighted by molar-refractivity contribution is -0.176. The molecule has 202 valence electrons. The molecule has 4 atom stereocenters. The molecular weight excluding hydrogens is 484 g/mol. The lowest BCUT2D eigenvalue weighted by Gasteiger charge is -2.30. The highest BCUT2D eigenvalue weighted by Crippen LogP contribution is 2.29. The van der Waals surface area contributed by atoms with Gasteiger partial charge >= 0.3 is 17.9 Å². The molecular formula is C26H34N2O9. The van der Waals surface area contributed by atoms with Crippen molar-refractivity contribution in [2.24, 2.45) is 11.8 Å². The van der Waals surface area contributed by atoms with E-state index in [9.17, 15) is 24.3 Å². The number of allylic oxidation sites excluding steroid dienone is 4. The van der Waals surface area contributed by atoms with Gasteiger partial charge in [-0.1, -0.05) is 37.6 Å². The van der Waals surface area contributed by atoms with E-state index in [0.29, 0.717) is 0 Å². The van der Waals surface area contributed by atoms with Gasteiger partial charge in [-0.15, -0.1) is 0 Å². The fraction of sp³-hybridized carbons (Fsp3) is 0.500. The lowest BCUT2D eigenvalue weighted by atomic mass is 9.90. The minimum Gasteiger partial charge on any atom is -0.503 e. The van der Waals surface area contributed by atoms with Gasteiger partial charge < -0.3 is 29.4 Å². The van der Waals surface area contributed by atoms with Crippen molar-refractivity contribution in [2.75, 3.05) is 13.7 Å². The quantitative estimate of drug-likeness (QED) is 0.298. The maximum atomic E-state index is 13.2. The van der Waals surface area contributed by atoms with Crippen molar-refractivity contribution in [2.45, 2.75) is 59.3 Å². The first-order valence-corrected chi connectivity index (χ1v) is 11.9. The number of aromatic nitrogens is 1. The summed E-state index contributed by atoms with van der Waals surface area (Å²) in [4.78, 5) is 55.3. The average Bonchev–Trinajstić information content (AvgIpc) is 2.89. The number of carbonyl (C=O) groups is 4. The predicted molar refractivity (Wildman–Crippen MR) is 132 cm³/mol. The van der Waals surface area contributed by atoms with E-state index < -0.39 is 72.0 Å². The number of nitrogens with zero attached hydrogens (tertiary/aromatic N) is 1. The van der Waals surface area contributed by atoms with E-state index in [4.69, 9.17) is 18.9 Å². The summed E-state index contributed by atoms with van der Waals surface area (Å²) >= 11 is 0. The third-order valence-corrected chi connectivity index (χ3v) is 5.70. The molecule has 1 fully saturated rings. The summed E-state index contributed by atoms with van der Waals surface area (Å²) in [6, 6.07) is -0.0572. The van der Waals surface area contributed by atoms with Crippen LogP contribution in [0.15, 0.2) is 36.1 Å². The van der Waals surface area contributed by atoms with Crippen LogP contribution in [-0.2, 0) is 28.6 Å². The third-order valence-electron chi connectivity index (χ3n) is 5.70. The molecule has 2 heterocycles. The number of ether oxygens (including phenoxy) is 4. The third kappa shape index (κ3) is 7.55. The van der Waals surface area contributed by atoms with Gasteiger partial charge in [0.25, 0.3) is 5.91 Å². The van der Waals surface area contributed by atoms with E-state index in [-0.39, 0.29) is 12.2 Å². The van der Waals surface area contributed by atoms with Gasteiger partial charge in [0.15, 0.2) is 29.3 Å². The topological polar surface area (TPSA) is 150 Å². The van der Waals surface area contributed by atoms with Gasteiger partial charge in [0.2, 0.25) is 0 Å². The number of hydrogen-bond donors (Lipinski definition) is 2. The highest BCUT2D eigenvalue weighted by Gasteiger charge is 2.42. The van der Waals surface area contributed by atoms with Crippen LogP contribution >= 0.6 is 0 Å². The van der Waals surface area contributed by atoms with E-state index in [1.165, 1.54) is 26.3 Å². The van der Waals surface area contributed by atoms with E-state index in [2.05, 4.69) is 10.3 Å². The van der Waals surface area contributed by atoms with Gasteiger partial charge in [-0.05, 0) is 27.2 Å². The van der Waals surface area contributed by atoms with Crippen molar-refractivity contribution in [3.8, 4) is 11.5 Å². The van der Waals surface area contributed by atoms with Crippen molar-refractivity contribution in [1.82, 2.24) is 10.3 Å². The molecule has 1 unspecified atom stereocenters. The highest BCUT2D eigenvalue weighted by atomic mass is 16.6. The maximum Gasteiger partial charge on any atom is 0.332 e. The Morgan fingerprint density at radius 2 is 1.97 bits per heavy atom. The van der Waals surface area contributed by atoms with Crippen LogP contribution in [0.1, 0.15) is 51.5 Å². The second-order valence-electron chi connectivity index (χ2n) is 8.74. The first kappa shape index (κ1) is 29.3. The molecule has 0 aromatic carbocycles. The Morgan fingerprint density at radius 1 is 1.27 bits per heavy atom. The van der Waals surface area contributed by atoms with Crippen LogP contribution in [0, 0.1) is 11.8 Å². The number of carbonyl (C=O) groups excluding carboxylic acids is 4. The monoisotopic (exact) mass is 518 g/mol. The van der Waals surface area contributed by atoms with Crippen molar-refractivity contribution in [3.63, 3.8) is 0 Å². The van der Waals surface area contributed by atoms with Crippen LogP contribution in [0.25, 0.3) is 0 Å². The van der Waals surface area contributed by atoms with E-state index in [1.54, 1.807) is 13.8 Å².